The molecule has 132 valence electrons. The van der Waals surface area contributed by atoms with E-state index in [2.05, 4.69) is 52.8 Å². The fourth-order valence-corrected chi connectivity index (χ4v) is 3.06. The van der Waals surface area contributed by atoms with E-state index in [4.69, 9.17) is 4.99 Å². The molecule has 1 aromatic carbocycles. The van der Waals surface area contributed by atoms with Crippen molar-refractivity contribution in [2.45, 2.75) is 33.1 Å². The Morgan fingerprint density at radius 2 is 2.04 bits per heavy atom. The molecule has 1 aromatic rings. The molecule has 0 saturated carbocycles. The molecule has 2 rings (SSSR count). The summed E-state index contributed by atoms with van der Waals surface area (Å²) in [6.07, 6.45) is 1.13. The van der Waals surface area contributed by atoms with E-state index in [1.807, 2.05) is 13.8 Å². The number of benzene rings is 1. The Bertz CT molecular complexity index is 568. The van der Waals surface area contributed by atoms with Gasteiger partial charge in [0.25, 0.3) is 0 Å². The van der Waals surface area contributed by atoms with E-state index in [1.165, 1.54) is 5.56 Å². The smallest absolute Gasteiger partial charge is 0.227 e. The lowest BCUT2D eigenvalue weighted by Gasteiger charge is -2.25. The minimum atomic E-state index is -0.506. The molecule has 1 saturated heterocycles. The standard InChI is InChI=1S/C19H30N4O/c1-5-21-18(22-14-19(2,3)17(24)20-4)23-12-11-16(13-23)15-9-7-6-8-10-15/h6-10,16H,5,11-14H2,1-4H3,(H,20,24)(H,21,22). The normalized spacial score (nSPS) is 18.6. The molecule has 1 aliphatic heterocycles. The van der Waals surface area contributed by atoms with Crippen LogP contribution in [0.3, 0.4) is 0 Å². The predicted molar refractivity (Wildman–Crippen MR) is 99.2 cm³/mol. The number of carbonyl (C=O) groups is 1. The maximum absolute atomic E-state index is 11.9. The van der Waals surface area contributed by atoms with Gasteiger partial charge in [0.1, 0.15) is 0 Å². The van der Waals surface area contributed by atoms with Gasteiger partial charge < -0.3 is 15.5 Å². The summed E-state index contributed by atoms with van der Waals surface area (Å²) in [5.41, 5.74) is 0.884. The minimum absolute atomic E-state index is 0.0192. The van der Waals surface area contributed by atoms with Gasteiger partial charge in [-0.25, -0.2) is 0 Å². The summed E-state index contributed by atoms with van der Waals surface area (Å²) >= 11 is 0. The second-order valence-electron chi connectivity index (χ2n) is 6.98. The lowest BCUT2D eigenvalue weighted by Crippen LogP contribution is -2.42. The Morgan fingerprint density at radius 1 is 1.33 bits per heavy atom. The van der Waals surface area contributed by atoms with Crippen molar-refractivity contribution in [3.63, 3.8) is 0 Å². The molecule has 2 N–H and O–H groups in total. The lowest BCUT2D eigenvalue weighted by atomic mass is 9.93. The Hall–Kier alpha value is -2.04. The number of nitrogens with one attached hydrogen (secondary N) is 2. The minimum Gasteiger partial charge on any atom is -0.359 e. The number of guanidine groups is 1. The van der Waals surface area contributed by atoms with Crippen LogP contribution in [-0.2, 0) is 4.79 Å². The van der Waals surface area contributed by atoms with Crippen LogP contribution in [0.15, 0.2) is 35.3 Å². The Morgan fingerprint density at radius 3 is 2.67 bits per heavy atom. The van der Waals surface area contributed by atoms with Gasteiger partial charge in [-0.15, -0.1) is 0 Å². The molecule has 1 unspecified atom stereocenters. The topological polar surface area (TPSA) is 56.7 Å². The number of hydrogen-bond acceptors (Lipinski definition) is 2. The van der Waals surface area contributed by atoms with Gasteiger partial charge in [-0.05, 0) is 32.8 Å². The van der Waals surface area contributed by atoms with Gasteiger partial charge in [-0.3, -0.25) is 9.79 Å². The van der Waals surface area contributed by atoms with Gasteiger partial charge in [-0.1, -0.05) is 30.3 Å². The molecule has 1 aliphatic rings. The average molecular weight is 330 g/mol. The molecule has 1 heterocycles. The predicted octanol–water partition coefficient (Wildman–Crippen LogP) is 2.21. The Balaban J connectivity index is 2.05. The van der Waals surface area contributed by atoms with Crippen LogP contribution in [0.5, 0.6) is 0 Å². The summed E-state index contributed by atoms with van der Waals surface area (Å²) in [7, 11) is 1.67. The molecule has 0 aromatic heterocycles. The third-order valence-corrected chi connectivity index (χ3v) is 4.56. The van der Waals surface area contributed by atoms with Crippen LogP contribution in [0.25, 0.3) is 0 Å². The summed E-state index contributed by atoms with van der Waals surface area (Å²) in [5, 5.41) is 6.09. The van der Waals surface area contributed by atoms with Crippen molar-refractivity contribution in [1.82, 2.24) is 15.5 Å². The molecule has 0 aliphatic carbocycles. The van der Waals surface area contributed by atoms with Crippen LogP contribution >= 0.6 is 0 Å². The number of hydrogen-bond donors (Lipinski definition) is 2. The van der Waals surface area contributed by atoms with E-state index in [0.29, 0.717) is 12.5 Å². The lowest BCUT2D eigenvalue weighted by molar-refractivity contribution is -0.128. The quantitative estimate of drug-likeness (QED) is 0.643. The molecule has 0 bridgehead atoms. The summed E-state index contributed by atoms with van der Waals surface area (Å²) in [6, 6.07) is 10.7. The highest BCUT2D eigenvalue weighted by molar-refractivity contribution is 5.83. The van der Waals surface area contributed by atoms with E-state index < -0.39 is 5.41 Å². The van der Waals surface area contributed by atoms with Crippen molar-refractivity contribution < 1.29 is 4.79 Å². The van der Waals surface area contributed by atoms with E-state index in [9.17, 15) is 4.79 Å². The van der Waals surface area contributed by atoms with Crippen molar-refractivity contribution in [1.29, 1.82) is 0 Å². The van der Waals surface area contributed by atoms with Crippen molar-refractivity contribution in [3.05, 3.63) is 35.9 Å². The molecule has 5 nitrogen and oxygen atoms in total. The maximum atomic E-state index is 11.9. The fraction of sp³-hybridized carbons (Fsp3) is 0.579. The first-order chi connectivity index (χ1) is 11.5. The van der Waals surface area contributed by atoms with E-state index >= 15 is 0 Å². The van der Waals surface area contributed by atoms with Gasteiger partial charge in [-0.2, -0.15) is 0 Å². The number of amides is 1. The first-order valence-corrected chi connectivity index (χ1v) is 8.78. The van der Waals surface area contributed by atoms with Crippen molar-refractivity contribution in [2.24, 2.45) is 10.4 Å². The second kappa shape index (κ2) is 8.18. The zero-order valence-corrected chi connectivity index (χ0v) is 15.3. The van der Waals surface area contributed by atoms with Crippen LogP contribution in [-0.4, -0.2) is 50.0 Å². The second-order valence-corrected chi connectivity index (χ2v) is 6.98. The van der Waals surface area contributed by atoms with E-state index in [-0.39, 0.29) is 5.91 Å². The summed E-state index contributed by atoms with van der Waals surface area (Å²) in [6.45, 7) is 9.19. The summed E-state index contributed by atoms with van der Waals surface area (Å²) in [5.74, 6) is 1.47. The molecular weight excluding hydrogens is 300 g/mol. The summed E-state index contributed by atoms with van der Waals surface area (Å²) in [4.78, 5) is 19.0. The zero-order valence-electron chi connectivity index (χ0n) is 15.3. The van der Waals surface area contributed by atoms with E-state index in [0.717, 1.165) is 32.0 Å². The fourth-order valence-electron chi connectivity index (χ4n) is 3.06. The van der Waals surface area contributed by atoms with E-state index in [1.54, 1.807) is 7.05 Å². The third-order valence-electron chi connectivity index (χ3n) is 4.56. The first kappa shape index (κ1) is 18.3. The van der Waals surface area contributed by atoms with Crippen LogP contribution < -0.4 is 10.6 Å². The molecule has 0 radical (unpaired) electrons. The Labute approximate surface area is 145 Å². The molecular formula is C19H30N4O. The molecule has 0 spiro atoms. The molecule has 24 heavy (non-hydrogen) atoms. The molecule has 5 heteroatoms. The number of carbonyl (C=O) groups excluding carboxylic acids is 1. The number of aliphatic imine (C=N–C) groups is 1. The van der Waals surface area contributed by atoms with Crippen LogP contribution in [0.1, 0.15) is 38.7 Å². The highest BCUT2D eigenvalue weighted by Crippen LogP contribution is 2.27. The average Bonchev–Trinajstić information content (AvgIpc) is 3.08. The SMILES string of the molecule is CCNC(=NCC(C)(C)C(=O)NC)N1CCC(c2ccccc2)C1. The Kier molecular flexibility index (Phi) is 6.23. The van der Waals surface area contributed by atoms with Crippen LogP contribution in [0.4, 0.5) is 0 Å². The number of likely N-dealkylation sites (tertiary alicyclic amines) is 1. The van der Waals surface area contributed by atoms with Gasteiger partial charge in [0.15, 0.2) is 5.96 Å². The van der Waals surface area contributed by atoms with Gasteiger partial charge >= 0.3 is 0 Å². The van der Waals surface area contributed by atoms with Crippen LogP contribution in [0, 0.1) is 5.41 Å². The highest BCUT2D eigenvalue weighted by atomic mass is 16.2. The first-order valence-electron chi connectivity index (χ1n) is 8.78. The monoisotopic (exact) mass is 330 g/mol. The number of rotatable bonds is 5. The third kappa shape index (κ3) is 4.49. The largest absolute Gasteiger partial charge is 0.359 e. The molecule has 1 amide bonds. The maximum Gasteiger partial charge on any atom is 0.227 e. The number of nitrogens with zero attached hydrogens (tertiary/aromatic N) is 2. The van der Waals surface area contributed by atoms with Gasteiger partial charge in [0.2, 0.25) is 5.91 Å². The summed E-state index contributed by atoms with van der Waals surface area (Å²) < 4.78 is 0. The van der Waals surface area contributed by atoms with Crippen LogP contribution in [0.2, 0.25) is 0 Å². The molecule has 1 atom stereocenters. The molecule has 1 fully saturated rings. The zero-order chi connectivity index (χ0) is 17.6. The van der Waals surface area contributed by atoms with Crippen molar-refractivity contribution in [2.75, 3.05) is 33.2 Å². The van der Waals surface area contributed by atoms with Gasteiger partial charge in [0.05, 0.1) is 12.0 Å². The highest BCUT2D eigenvalue weighted by Gasteiger charge is 2.29. The van der Waals surface area contributed by atoms with Crippen molar-refractivity contribution >= 4 is 11.9 Å². The van der Waals surface area contributed by atoms with Gasteiger partial charge in [0, 0.05) is 32.6 Å². The van der Waals surface area contributed by atoms with Crippen molar-refractivity contribution in [3.8, 4) is 0 Å².